The largest absolute Gasteiger partial charge is 0.375 e. The number of rotatable bonds is 6. The summed E-state index contributed by atoms with van der Waals surface area (Å²) in [7, 11) is 1.65. The van der Waals surface area contributed by atoms with Crippen LogP contribution in [-0.2, 0) is 9.53 Å². The summed E-state index contributed by atoms with van der Waals surface area (Å²) in [5.41, 5.74) is 1.09. The standard InChI is InChI=1S/C14H15NO2S2/c1-17-13(11-6-8-18-10-11)9-15-14(16)5-4-12-3-2-7-19-12/h2-8,10,13H,9H2,1H3,(H,15,16). The van der Waals surface area contributed by atoms with Crippen LogP contribution in [0.15, 0.2) is 40.4 Å². The van der Waals surface area contributed by atoms with Crippen LogP contribution in [0.25, 0.3) is 6.08 Å². The zero-order valence-corrected chi connectivity index (χ0v) is 12.2. The van der Waals surface area contributed by atoms with Crippen LogP contribution >= 0.6 is 22.7 Å². The summed E-state index contributed by atoms with van der Waals surface area (Å²) in [6.07, 6.45) is 3.27. The molecule has 1 amide bonds. The van der Waals surface area contributed by atoms with E-state index in [9.17, 15) is 4.79 Å². The van der Waals surface area contributed by atoms with Crippen molar-refractivity contribution in [3.8, 4) is 0 Å². The molecule has 1 N–H and O–H groups in total. The molecule has 2 aromatic heterocycles. The molecule has 0 saturated carbocycles. The molecular weight excluding hydrogens is 278 g/mol. The van der Waals surface area contributed by atoms with Crippen molar-refractivity contribution in [1.29, 1.82) is 0 Å². The molecule has 0 saturated heterocycles. The maximum Gasteiger partial charge on any atom is 0.244 e. The maximum absolute atomic E-state index is 11.7. The molecular formula is C14H15NO2S2. The van der Waals surface area contributed by atoms with Crippen LogP contribution in [0.3, 0.4) is 0 Å². The van der Waals surface area contributed by atoms with Gasteiger partial charge in [-0.2, -0.15) is 11.3 Å². The molecule has 0 aliphatic carbocycles. The van der Waals surface area contributed by atoms with Gasteiger partial charge in [0.2, 0.25) is 5.91 Å². The molecule has 0 fully saturated rings. The zero-order valence-electron chi connectivity index (χ0n) is 10.5. The van der Waals surface area contributed by atoms with Crippen LogP contribution in [0.5, 0.6) is 0 Å². The van der Waals surface area contributed by atoms with Gasteiger partial charge in [-0.05, 0) is 39.9 Å². The SMILES string of the molecule is COC(CNC(=O)C=Cc1cccs1)c1ccsc1. The highest BCUT2D eigenvalue weighted by Gasteiger charge is 2.11. The molecule has 19 heavy (non-hydrogen) atoms. The van der Waals surface area contributed by atoms with Crippen molar-refractivity contribution in [2.45, 2.75) is 6.10 Å². The highest BCUT2D eigenvalue weighted by molar-refractivity contribution is 7.10. The fraction of sp³-hybridized carbons (Fsp3) is 0.214. The van der Waals surface area contributed by atoms with E-state index in [2.05, 4.69) is 5.32 Å². The third-order valence-electron chi connectivity index (χ3n) is 2.60. The second-order valence-electron chi connectivity index (χ2n) is 3.87. The summed E-state index contributed by atoms with van der Waals surface area (Å²) in [5.74, 6) is -0.106. The maximum atomic E-state index is 11.7. The molecule has 2 rings (SSSR count). The average molecular weight is 293 g/mol. The molecule has 0 aromatic carbocycles. The Morgan fingerprint density at radius 3 is 3.00 bits per heavy atom. The van der Waals surface area contributed by atoms with Crippen molar-refractivity contribution < 1.29 is 9.53 Å². The molecule has 0 spiro atoms. The minimum Gasteiger partial charge on any atom is -0.375 e. The van der Waals surface area contributed by atoms with Crippen LogP contribution in [0.1, 0.15) is 16.5 Å². The van der Waals surface area contributed by atoms with Gasteiger partial charge in [-0.3, -0.25) is 4.79 Å². The Hall–Kier alpha value is -1.43. The fourth-order valence-corrected chi connectivity index (χ4v) is 2.91. The van der Waals surface area contributed by atoms with Gasteiger partial charge in [0, 0.05) is 24.6 Å². The van der Waals surface area contributed by atoms with Crippen LogP contribution in [0.2, 0.25) is 0 Å². The molecule has 100 valence electrons. The Morgan fingerprint density at radius 2 is 2.37 bits per heavy atom. The van der Waals surface area contributed by atoms with E-state index in [1.54, 1.807) is 35.9 Å². The number of carbonyl (C=O) groups excluding carboxylic acids is 1. The number of hydrogen-bond acceptors (Lipinski definition) is 4. The number of thiophene rings is 2. The van der Waals surface area contributed by atoms with Crippen molar-refractivity contribution in [3.63, 3.8) is 0 Å². The van der Waals surface area contributed by atoms with Crippen molar-refractivity contribution in [3.05, 3.63) is 50.9 Å². The second-order valence-corrected chi connectivity index (χ2v) is 5.63. The van der Waals surface area contributed by atoms with Gasteiger partial charge in [-0.1, -0.05) is 6.07 Å². The highest BCUT2D eigenvalue weighted by Crippen LogP contribution is 2.18. The van der Waals surface area contributed by atoms with Crippen molar-refractivity contribution >= 4 is 34.7 Å². The lowest BCUT2D eigenvalue weighted by Gasteiger charge is -2.14. The van der Waals surface area contributed by atoms with Gasteiger partial charge in [-0.15, -0.1) is 11.3 Å². The van der Waals surface area contributed by atoms with E-state index in [1.807, 2.05) is 40.4 Å². The van der Waals surface area contributed by atoms with Gasteiger partial charge >= 0.3 is 0 Å². The highest BCUT2D eigenvalue weighted by atomic mass is 32.1. The Balaban J connectivity index is 1.82. The average Bonchev–Trinajstić information content (AvgIpc) is 3.10. The van der Waals surface area contributed by atoms with Crippen molar-refractivity contribution in [2.24, 2.45) is 0 Å². The van der Waals surface area contributed by atoms with E-state index in [-0.39, 0.29) is 12.0 Å². The van der Waals surface area contributed by atoms with Gasteiger partial charge in [0.05, 0.1) is 0 Å². The number of hydrogen-bond donors (Lipinski definition) is 1. The summed E-state index contributed by atoms with van der Waals surface area (Å²) in [5, 5.41) is 8.85. The summed E-state index contributed by atoms with van der Waals surface area (Å²) < 4.78 is 5.37. The van der Waals surface area contributed by atoms with Crippen molar-refractivity contribution in [1.82, 2.24) is 5.32 Å². The normalized spacial score (nSPS) is 12.7. The van der Waals surface area contributed by atoms with Crippen molar-refractivity contribution in [2.75, 3.05) is 13.7 Å². The minimum atomic E-state index is -0.106. The smallest absolute Gasteiger partial charge is 0.244 e. The van der Waals surface area contributed by atoms with Gasteiger partial charge in [0.25, 0.3) is 0 Å². The lowest BCUT2D eigenvalue weighted by molar-refractivity contribution is -0.117. The number of carbonyl (C=O) groups is 1. The number of methoxy groups -OCH3 is 1. The third kappa shape index (κ3) is 4.31. The molecule has 2 aromatic rings. The Kier molecular flexibility index (Phi) is 5.32. The third-order valence-corrected chi connectivity index (χ3v) is 4.14. The van der Waals surface area contributed by atoms with Gasteiger partial charge in [0.15, 0.2) is 0 Å². The summed E-state index contributed by atoms with van der Waals surface area (Å²) in [6.45, 7) is 0.473. The number of nitrogens with one attached hydrogen (secondary N) is 1. The predicted octanol–water partition coefficient (Wildman–Crippen LogP) is 3.33. The summed E-state index contributed by atoms with van der Waals surface area (Å²) in [6, 6.07) is 5.93. The first-order valence-corrected chi connectivity index (χ1v) is 7.66. The van der Waals surface area contributed by atoms with E-state index >= 15 is 0 Å². The number of amides is 1. The van der Waals surface area contributed by atoms with Crippen LogP contribution in [0.4, 0.5) is 0 Å². The first-order chi connectivity index (χ1) is 9.29. The van der Waals surface area contributed by atoms with E-state index in [0.717, 1.165) is 10.4 Å². The van der Waals surface area contributed by atoms with Gasteiger partial charge in [0.1, 0.15) is 6.10 Å². The van der Waals surface area contributed by atoms with E-state index in [0.29, 0.717) is 6.54 Å². The molecule has 1 atom stereocenters. The van der Waals surface area contributed by atoms with Crippen LogP contribution in [-0.4, -0.2) is 19.6 Å². The van der Waals surface area contributed by atoms with Gasteiger partial charge in [-0.25, -0.2) is 0 Å². The van der Waals surface area contributed by atoms with Crippen LogP contribution < -0.4 is 5.32 Å². The molecule has 5 heteroatoms. The lowest BCUT2D eigenvalue weighted by Crippen LogP contribution is -2.27. The summed E-state index contributed by atoms with van der Waals surface area (Å²) in [4.78, 5) is 12.7. The lowest BCUT2D eigenvalue weighted by atomic mass is 10.2. The van der Waals surface area contributed by atoms with E-state index in [1.165, 1.54) is 0 Å². The molecule has 2 heterocycles. The Labute approximate surface area is 120 Å². The van der Waals surface area contributed by atoms with Gasteiger partial charge < -0.3 is 10.1 Å². The molecule has 0 radical (unpaired) electrons. The number of ether oxygens (including phenoxy) is 1. The minimum absolute atomic E-state index is 0.0923. The second kappa shape index (κ2) is 7.23. The first-order valence-electron chi connectivity index (χ1n) is 5.84. The molecule has 0 aliphatic heterocycles. The van der Waals surface area contributed by atoms with E-state index in [4.69, 9.17) is 4.74 Å². The predicted molar refractivity (Wildman–Crippen MR) is 80.4 cm³/mol. The zero-order chi connectivity index (χ0) is 13.5. The summed E-state index contributed by atoms with van der Waals surface area (Å²) >= 11 is 3.22. The monoisotopic (exact) mass is 293 g/mol. The van der Waals surface area contributed by atoms with Crippen LogP contribution in [0, 0.1) is 0 Å². The quantitative estimate of drug-likeness (QED) is 0.830. The molecule has 3 nitrogen and oxygen atoms in total. The molecule has 1 unspecified atom stereocenters. The Morgan fingerprint density at radius 1 is 1.47 bits per heavy atom. The van der Waals surface area contributed by atoms with E-state index < -0.39 is 0 Å². The Bertz CT molecular complexity index is 518. The molecule has 0 aliphatic rings. The topological polar surface area (TPSA) is 38.3 Å². The molecule has 0 bridgehead atoms. The fourth-order valence-electron chi connectivity index (χ4n) is 1.59. The first kappa shape index (κ1) is 14.0.